The van der Waals surface area contributed by atoms with E-state index < -0.39 is 0 Å². The smallest absolute Gasteiger partial charge is 0.124 e. The first-order chi connectivity index (χ1) is 8.81. The van der Waals surface area contributed by atoms with Crippen molar-refractivity contribution in [2.75, 3.05) is 6.54 Å². The average molecular weight is 261 g/mol. The van der Waals surface area contributed by atoms with E-state index in [1.165, 1.54) is 10.4 Å². The Hall–Kier alpha value is -1.32. The summed E-state index contributed by atoms with van der Waals surface area (Å²) in [6.07, 6.45) is 0. The molecule has 1 aromatic heterocycles. The maximum Gasteiger partial charge on any atom is 0.124 e. The molecule has 0 aliphatic rings. The first-order valence-corrected chi connectivity index (χ1v) is 7.16. The second kappa shape index (κ2) is 6.57. The van der Waals surface area contributed by atoms with Gasteiger partial charge in [-0.05, 0) is 31.0 Å². The fourth-order valence-corrected chi connectivity index (χ4v) is 2.55. The van der Waals surface area contributed by atoms with Crippen LogP contribution in [-0.2, 0) is 6.61 Å². The monoisotopic (exact) mass is 261 g/mol. The van der Waals surface area contributed by atoms with Crippen LogP contribution in [0.25, 0.3) is 0 Å². The Bertz CT molecular complexity index is 467. The van der Waals surface area contributed by atoms with Crippen LogP contribution in [0.2, 0.25) is 0 Å². The van der Waals surface area contributed by atoms with E-state index in [0.717, 1.165) is 12.3 Å². The van der Waals surface area contributed by atoms with Gasteiger partial charge >= 0.3 is 0 Å². The Kier molecular flexibility index (Phi) is 4.79. The zero-order valence-electron chi connectivity index (χ0n) is 10.8. The van der Waals surface area contributed by atoms with Crippen molar-refractivity contribution >= 4 is 11.3 Å². The van der Waals surface area contributed by atoms with E-state index in [1.54, 1.807) is 11.3 Å². The lowest BCUT2D eigenvalue weighted by atomic mass is 10.1. The van der Waals surface area contributed by atoms with Crippen molar-refractivity contribution in [3.05, 3.63) is 52.2 Å². The van der Waals surface area contributed by atoms with Crippen molar-refractivity contribution in [3.63, 3.8) is 0 Å². The summed E-state index contributed by atoms with van der Waals surface area (Å²) in [4.78, 5) is 1.25. The van der Waals surface area contributed by atoms with E-state index in [4.69, 9.17) is 4.74 Å². The minimum absolute atomic E-state index is 0.314. The molecule has 2 rings (SSSR count). The van der Waals surface area contributed by atoms with Crippen molar-refractivity contribution in [1.29, 1.82) is 0 Å². The van der Waals surface area contributed by atoms with Crippen LogP contribution >= 0.6 is 11.3 Å². The maximum absolute atomic E-state index is 5.92. The molecule has 18 heavy (non-hydrogen) atoms. The summed E-state index contributed by atoms with van der Waals surface area (Å²) in [5, 5.41) is 5.49. The van der Waals surface area contributed by atoms with E-state index in [2.05, 4.69) is 48.8 Å². The number of hydrogen-bond donors (Lipinski definition) is 1. The topological polar surface area (TPSA) is 21.3 Å². The van der Waals surface area contributed by atoms with E-state index >= 15 is 0 Å². The molecule has 0 aliphatic heterocycles. The molecule has 1 aromatic carbocycles. The van der Waals surface area contributed by atoms with Crippen LogP contribution < -0.4 is 10.1 Å². The highest BCUT2D eigenvalue weighted by Crippen LogP contribution is 2.26. The third kappa shape index (κ3) is 3.34. The second-order valence-corrected chi connectivity index (χ2v) is 5.22. The standard InChI is InChI=1S/C15H19NOS/c1-3-16-12(2)14-8-4-5-9-15(14)17-11-13-7-6-10-18-13/h4-10,12,16H,3,11H2,1-2H3. The molecule has 0 aliphatic carbocycles. The summed E-state index contributed by atoms with van der Waals surface area (Å²) in [6, 6.07) is 12.7. The number of benzene rings is 1. The predicted molar refractivity (Wildman–Crippen MR) is 77.2 cm³/mol. The summed E-state index contributed by atoms with van der Waals surface area (Å²) < 4.78 is 5.92. The van der Waals surface area contributed by atoms with Gasteiger partial charge in [0.15, 0.2) is 0 Å². The van der Waals surface area contributed by atoms with Crippen LogP contribution in [0.5, 0.6) is 5.75 Å². The molecule has 0 bridgehead atoms. The summed E-state index contributed by atoms with van der Waals surface area (Å²) in [5.74, 6) is 0.972. The molecule has 1 atom stereocenters. The van der Waals surface area contributed by atoms with E-state index in [1.807, 2.05) is 12.1 Å². The van der Waals surface area contributed by atoms with Gasteiger partial charge in [0.1, 0.15) is 12.4 Å². The van der Waals surface area contributed by atoms with Crippen LogP contribution in [0, 0.1) is 0 Å². The fraction of sp³-hybridized carbons (Fsp3) is 0.333. The van der Waals surface area contributed by atoms with Crippen molar-refractivity contribution in [3.8, 4) is 5.75 Å². The minimum atomic E-state index is 0.314. The Morgan fingerprint density at radius 3 is 2.78 bits per heavy atom. The van der Waals surface area contributed by atoms with Gasteiger partial charge in [-0.3, -0.25) is 0 Å². The average Bonchev–Trinajstić information content (AvgIpc) is 2.90. The van der Waals surface area contributed by atoms with Gasteiger partial charge in [0, 0.05) is 16.5 Å². The molecule has 1 heterocycles. The van der Waals surface area contributed by atoms with Crippen LogP contribution in [0.15, 0.2) is 41.8 Å². The first kappa shape index (κ1) is 13.1. The Labute approximate surface area is 113 Å². The Balaban J connectivity index is 2.07. The van der Waals surface area contributed by atoms with Crippen LogP contribution in [0.1, 0.15) is 30.3 Å². The highest BCUT2D eigenvalue weighted by atomic mass is 32.1. The molecule has 2 nitrogen and oxygen atoms in total. The molecular weight excluding hydrogens is 242 g/mol. The Morgan fingerprint density at radius 2 is 2.06 bits per heavy atom. The number of thiophene rings is 1. The molecule has 3 heteroatoms. The SMILES string of the molecule is CCNC(C)c1ccccc1OCc1cccs1. The van der Waals surface area contributed by atoms with Crippen molar-refractivity contribution < 1.29 is 4.74 Å². The van der Waals surface area contributed by atoms with Gasteiger partial charge < -0.3 is 10.1 Å². The van der Waals surface area contributed by atoms with E-state index in [9.17, 15) is 0 Å². The number of nitrogens with one attached hydrogen (secondary N) is 1. The molecule has 0 saturated carbocycles. The molecule has 0 spiro atoms. The number of ether oxygens (including phenoxy) is 1. The molecule has 0 radical (unpaired) electrons. The highest BCUT2D eigenvalue weighted by Gasteiger charge is 2.10. The molecule has 0 amide bonds. The third-order valence-corrected chi connectivity index (χ3v) is 3.70. The quantitative estimate of drug-likeness (QED) is 0.848. The van der Waals surface area contributed by atoms with Gasteiger partial charge in [0.05, 0.1) is 0 Å². The lowest BCUT2D eigenvalue weighted by Crippen LogP contribution is -2.18. The van der Waals surface area contributed by atoms with Crippen LogP contribution in [-0.4, -0.2) is 6.54 Å². The lowest BCUT2D eigenvalue weighted by Gasteiger charge is -2.17. The van der Waals surface area contributed by atoms with Crippen LogP contribution in [0.3, 0.4) is 0 Å². The molecule has 1 unspecified atom stereocenters. The first-order valence-electron chi connectivity index (χ1n) is 6.28. The summed E-state index contributed by atoms with van der Waals surface area (Å²) in [5.41, 5.74) is 1.22. The summed E-state index contributed by atoms with van der Waals surface area (Å²) >= 11 is 1.73. The maximum atomic E-state index is 5.92. The summed E-state index contributed by atoms with van der Waals surface area (Å²) in [7, 11) is 0. The molecule has 2 aromatic rings. The fourth-order valence-electron chi connectivity index (χ4n) is 1.93. The van der Waals surface area contributed by atoms with E-state index in [-0.39, 0.29) is 0 Å². The zero-order chi connectivity index (χ0) is 12.8. The number of rotatable bonds is 6. The molecule has 0 fully saturated rings. The predicted octanol–water partition coefficient (Wildman–Crippen LogP) is 4.00. The second-order valence-electron chi connectivity index (χ2n) is 4.19. The Morgan fingerprint density at radius 1 is 1.22 bits per heavy atom. The van der Waals surface area contributed by atoms with Crippen molar-refractivity contribution in [2.45, 2.75) is 26.5 Å². The van der Waals surface area contributed by atoms with Crippen molar-refractivity contribution in [2.24, 2.45) is 0 Å². The molecule has 96 valence electrons. The van der Waals surface area contributed by atoms with E-state index in [0.29, 0.717) is 12.6 Å². The van der Waals surface area contributed by atoms with Gasteiger partial charge in [0.2, 0.25) is 0 Å². The van der Waals surface area contributed by atoms with Gasteiger partial charge in [0.25, 0.3) is 0 Å². The molecule has 0 saturated heterocycles. The third-order valence-electron chi connectivity index (χ3n) is 2.85. The lowest BCUT2D eigenvalue weighted by molar-refractivity contribution is 0.303. The normalized spacial score (nSPS) is 12.3. The largest absolute Gasteiger partial charge is 0.488 e. The minimum Gasteiger partial charge on any atom is -0.488 e. The van der Waals surface area contributed by atoms with Gasteiger partial charge in [-0.2, -0.15) is 0 Å². The summed E-state index contributed by atoms with van der Waals surface area (Å²) in [6.45, 7) is 5.89. The van der Waals surface area contributed by atoms with Gasteiger partial charge in [-0.1, -0.05) is 31.2 Å². The highest BCUT2D eigenvalue weighted by molar-refractivity contribution is 7.09. The van der Waals surface area contributed by atoms with Gasteiger partial charge in [-0.25, -0.2) is 0 Å². The number of hydrogen-bond acceptors (Lipinski definition) is 3. The van der Waals surface area contributed by atoms with Crippen LogP contribution in [0.4, 0.5) is 0 Å². The molecule has 1 N–H and O–H groups in total. The molecular formula is C15H19NOS. The zero-order valence-corrected chi connectivity index (χ0v) is 11.7. The van der Waals surface area contributed by atoms with Crippen molar-refractivity contribution in [1.82, 2.24) is 5.32 Å². The van der Waals surface area contributed by atoms with Gasteiger partial charge in [-0.15, -0.1) is 11.3 Å². The number of para-hydroxylation sites is 1.